The van der Waals surface area contributed by atoms with Crippen LogP contribution in [0.3, 0.4) is 0 Å². The molecule has 1 N–H and O–H groups in total. The topological polar surface area (TPSA) is 12.0 Å². The molecular weight excluding hydrogens is 249 g/mol. The first-order chi connectivity index (χ1) is 9.63. The van der Waals surface area contributed by atoms with Crippen molar-refractivity contribution < 1.29 is 4.39 Å². The molecule has 0 spiro atoms. The molecule has 0 aliphatic carbocycles. The van der Waals surface area contributed by atoms with Crippen LogP contribution in [0, 0.1) is 12.7 Å². The highest BCUT2D eigenvalue weighted by molar-refractivity contribution is 5.22. The van der Waals surface area contributed by atoms with Crippen LogP contribution < -0.4 is 5.32 Å². The van der Waals surface area contributed by atoms with Gasteiger partial charge < -0.3 is 5.32 Å². The normalized spacial score (nSPS) is 12.3. The average Bonchev–Trinajstić information content (AvgIpc) is 2.45. The van der Waals surface area contributed by atoms with Gasteiger partial charge in [-0.15, -0.1) is 0 Å². The van der Waals surface area contributed by atoms with Crippen molar-refractivity contribution in [2.45, 2.75) is 39.3 Å². The van der Waals surface area contributed by atoms with E-state index in [4.69, 9.17) is 0 Å². The molecule has 2 heteroatoms. The van der Waals surface area contributed by atoms with E-state index in [-0.39, 0.29) is 5.82 Å². The number of nitrogens with one attached hydrogen (secondary N) is 1. The predicted molar refractivity (Wildman–Crippen MR) is 82.2 cm³/mol. The zero-order chi connectivity index (χ0) is 14.4. The van der Waals surface area contributed by atoms with Gasteiger partial charge in [-0.3, -0.25) is 0 Å². The summed E-state index contributed by atoms with van der Waals surface area (Å²) in [5.41, 5.74) is 3.82. The van der Waals surface area contributed by atoms with Gasteiger partial charge in [0.2, 0.25) is 0 Å². The first-order valence-corrected chi connectivity index (χ1v) is 7.17. The predicted octanol–water partition coefficient (Wildman–Crippen LogP) is 4.25. The van der Waals surface area contributed by atoms with Crippen LogP contribution in [-0.2, 0) is 13.0 Å². The SMILES string of the molecule is Cc1cccc(CCC(C)NCc2ccc(F)cc2)c1. The summed E-state index contributed by atoms with van der Waals surface area (Å²) >= 11 is 0. The van der Waals surface area contributed by atoms with Crippen molar-refractivity contribution in [2.75, 3.05) is 0 Å². The van der Waals surface area contributed by atoms with Crippen molar-refractivity contribution in [3.63, 3.8) is 0 Å². The summed E-state index contributed by atoms with van der Waals surface area (Å²) in [6, 6.07) is 15.8. The summed E-state index contributed by atoms with van der Waals surface area (Å²) in [5, 5.41) is 3.48. The van der Waals surface area contributed by atoms with Gasteiger partial charge in [0.05, 0.1) is 0 Å². The Balaban J connectivity index is 1.75. The maximum absolute atomic E-state index is 12.8. The average molecular weight is 271 g/mol. The maximum Gasteiger partial charge on any atom is 0.123 e. The highest BCUT2D eigenvalue weighted by atomic mass is 19.1. The largest absolute Gasteiger partial charge is 0.310 e. The molecule has 0 radical (unpaired) electrons. The molecule has 0 aliphatic rings. The fourth-order valence-corrected chi connectivity index (χ4v) is 2.25. The summed E-state index contributed by atoms with van der Waals surface area (Å²) in [4.78, 5) is 0. The van der Waals surface area contributed by atoms with Crippen molar-refractivity contribution in [3.05, 3.63) is 71.0 Å². The lowest BCUT2D eigenvalue weighted by Gasteiger charge is -2.14. The van der Waals surface area contributed by atoms with Crippen LogP contribution in [-0.4, -0.2) is 6.04 Å². The maximum atomic E-state index is 12.8. The Morgan fingerprint density at radius 1 is 1.05 bits per heavy atom. The molecule has 1 unspecified atom stereocenters. The highest BCUT2D eigenvalue weighted by Gasteiger charge is 2.03. The fraction of sp³-hybridized carbons (Fsp3) is 0.333. The van der Waals surface area contributed by atoms with E-state index in [2.05, 4.69) is 43.4 Å². The lowest BCUT2D eigenvalue weighted by Crippen LogP contribution is -2.25. The van der Waals surface area contributed by atoms with Gasteiger partial charge in [0.1, 0.15) is 5.82 Å². The second-order valence-corrected chi connectivity index (χ2v) is 5.44. The zero-order valence-electron chi connectivity index (χ0n) is 12.2. The van der Waals surface area contributed by atoms with Gasteiger partial charge in [0.15, 0.2) is 0 Å². The number of hydrogen-bond acceptors (Lipinski definition) is 1. The van der Waals surface area contributed by atoms with Gasteiger partial charge in [-0.05, 0) is 49.9 Å². The monoisotopic (exact) mass is 271 g/mol. The van der Waals surface area contributed by atoms with Crippen molar-refractivity contribution in [1.29, 1.82) is 0 Å². The van der Waals surface area contributed by atoms with Gasteiger partial charge in [0, 0.05) is 12.6 Å². The fourth-order valence-electron chi connectivity index (χ4n) is 2.25. The van der Waals surface area contributed by atoms with E-state index in [1.807, 2.05) is 12.1 Å². The summed E-state index contributed by atoms with van der Waals surface area (Å²) < 4.78 is 12.8. The molecule has 0 saturated heterocycles. The molecule has 0 bridgehead atoms. The van der Waals surface area contributed by atoms with Crippen LogP contribution in [0.4, 0.5) is 4.39 Å². The third kappa shape index (κ3) is 4.78. The molecule has 0 heterocycles. The van der Waals surface area contributed by atoms with Crippen molar-refractivity contribution in [3.8, 4) is 0 Å². The third-order valence-corrected chi connectivity index (χ3v) is 3.52. The minimum atomic E-state index is -0.179. The molecule has 0 fully saturated rings. The van der Waals surface area contributed by atoms with E-state index in [0.717, 1.165) is 24.9 Å². The summed E-state index contributed by atoms with van der Waals surface area (Å²) in [7, 11) is 0. The van der Waals surface area contributed by atoms with Crippen LogP contribution >= 0.6 is 0 Å². The standard InChI is InChI=1S/C18H22FN/c1-14-4-3-5-16(12-14)7-6-15(2)20-13-17-8-10-18(19)11-9-17/h3-5,8-12,15,20H,6-7,13H2,1-2H3. The Bertz CT molecular complexity index is 533. The van der Waals surface area contributed by atoms with E-state index >= 15 is 0 Å². The first-order valence-electron chi connectivity index (χ1n) is 7.17. The molecule has 1 nitrogen and oxygen atoms in total. The second-order valence-electron chi connectivity index (χ2n) is 5.44. The van der Waals surface area contributed by atoms with Crippen molar-refractivity contribution in [2.24, 2.45) is 0 Å². The van der Waals surface area contributed by atoms with Crippen LogP contribution in [0.5, 0.6) is 0 Å². The number of aryl methyl sites for hydroxylation is 2. The van der Waals surface area contributed by atoms with Crippen LogP contribution in [0.15, 0.2) is 48.5 Å². The summed E-state index contributed by atoms with van der Waals surface area (Å²) in [6.07, 6.45) is 2.18. The Kier molecular flexibility index (Phi) is 5.31. The molecule has 2 aromatic rings. The third-order valence-electron chi connectivity index (χ3n) is 3.52. The summed E-state index contributed by atoms with van der Waals surface area (Å²) in [6.45, 7) is 5.11. The number of benzene rings is 2. The number of hydrogen-bond donors (Lipinski definition) is 1. The summed E-state index contributed by atoms with van der Waals surface area (Å²) in [5.74, 6) is -0.179. The van der Waals surface area contributed by atoms with E-state index in [1.165, 1.54) is 23.3 Å². The number of rotatable bonds is 6. The van der Waals surface area contributed by atoms with E-state index < -0.39 is 0 Å². The Hall–Kier alpha value is -1.67. The molecule has 0 aromatic heterocycles. The second kappa shape index (κ2) is 7.20. The van der Waals surface area contributed by atoms with Crippen LogP contribution in [0.25, 0.3) is 0 Å². The minimum Gasteiger partial charge on any atom is -0.310 e. The number of halogens is 1. The van der Waals surface area contributed by atoms with Crippen LogP contribution in [0.1, 0.15) is 30.0 Å². The first kappa shape index (κ1) is 14.7. The highest BCUT2D eigenvalue weighted by Crippen LogP contribution is 2.09. The molecule has 106 valence electrons. The molecular formula is C18H22FN. The smallest absolute Gasteiger partial charge is 0.123 e. The molecule has 0 saturated carbocycles. The van der Waals surface area contributed by atoms with Crippen molar-refractivity contribution in [1.82, 2.24) is 5.32 Å². The lowest BCUT2D eigenvalue weighted by atomic mass is 10.0. The van der Waals surface area contributed by atoms with Gasteiger partial charge in [-0.2, -0.15) is 0 Å². The van der Waals surface area contributed by atoms with Gasteiger partial charge in [-0.1, -0.05) is 42.0 Å². The molecule has 1 atom stereocenters. The molecule has 0 amide bonds. The molecule has 20 heavy (non-hydrogen) atoms. The van der Waals surface area contributed by atoms with E-state index in [1.54, 1.807) is 0 Å². The Morgan fingerprint density at radius 2 is 1.80 bits per heavy atom. The van der Waals surface area contributed by atoms with Gasteiger partial charge in [-0.25, -0.2) is 4.39 Å². The molecule has 2 rings (SSSR count). The zero-order valence-corrected chi connectivity index (χ0v) is 12.2. The lowest BCUT2D eigenvalue weighted by molar-refractivity contribution is 0.513. The molecule has 0 aliphatic heterocycles. The van der Waals surface area contributed by atoms with Crippen molar-refractivity contribution >= 4 is 0 Å². The quantitative estimate of drug-likeness (QED) is 0.828. The molecule has 2 aromatic carbocycles. The van der Waals surface area contributed by atoms with Gasteiger partial charge in [0.25, 0.3) is 0 Å². The van der Waals surface area contributed by atoms with E-state index in [0.29, 0.717) is 6.04 Å². The Morgan fingerprint density at radius 3 is 2.50 bits per heavy atom. The Labute approximate surface area is 120 Å². The van der Waals surface area contributed by atoms with E-state index in [9.17, 15) is 4.39 Å². The van der Waals surface area contributed by atoms with Gasteiger partial charge >= 0.3 is 0 Å². The van der Waals surface area contributed by atoms with Crippen LogP contribution in [0.2, 0.25) is 0 Å². The minimum absolute atomic E-state index is 0.179.